The van der Waals surface area contributed by atoms with Crippen molar-refractivity contribution in [1.82, 2.24) is 4.90 Å². The van der Waals surface area contributed by atoms with Crippen LogP contribution < -0.4 is 0 Å². The van der Waals surface area contributed by atoms with E-state index in [1.165, 1.54) is 38.8 Å². The predicted molar refractivity (Wildman–Crippen MR) is 58.2 cm³/mol. The summed E-state index contributed by atoms with van der Waals surface area (Å²) in [4.78, 5) is 2.53. The van der Waals surface area contributed by atoms with E-state index in [1.807, 2.05) is 0 Å². The Morgan fingerprint density at radius 3 is 2.64 bits per heavy atom. The van der Waals surface area contributed by atoms with Gasteiger partial charge in [-0.15, -0.1) is 0 Å². The van der Waals surface area contributed by atoms with E-state index in [1.54, 1.807) is 0 Å². The minimum atomic E-state index is 0.000208. The number of aliphatic hydroxyl groups excluding tert-OH is 1. The van der Waals surface area contributed by atoms with E-state index < -0.39 is 0 Å². The summed E-state index contributed by atoms with van der Waals surface area (Å²) in [6.45, 7) is 6.00. The van der Waals surface area contributed by atoms with Crippen LogP contribution in [0.3, 0.4) is 0 Å². The average Bonchev–Trinajstić information content (AvgIpc) is 2.48. The topological polar surface area (TPSA) is 23.5 Å². The summed E-state index contributed by atoms with van der Waals surface area (Å²) in [7, 11) is 0. The normalized spacial score (nSPS) is 34.7. The van der Waals surface area contributed by atoms with Gasteiger partial charge in [-0.25, -0.2) is 0 Å². The van der Waals surface area contributed by atoms with Gasteiger partial charge in [0.25, 0.3) is 0 Å². The van der Waals surface area contributed by atoms with Crippen molar-refractivity contribution in [2.75, 3.05) is 19.6 Å². The molecule has 1 aliphatic carbocycles. The first kappa shape index (κ1) is 10.4. The standard InChI is InChI=1S/C12H23NO/c1-2-4-10-7-13(8-10)9-11-5-3-6-12(11)14/h10-12,14H,2-9H2,1H3. The Balaban J connectivity index is 1.63. The lowest BCUT2D eigenvalue weighted by Crippen LogP contribution is -2.49. The first-order valence-corrected chi connectivity index (χ1v) is 6.20. The van der Waals surface area contributed by atoms with Crippen LogP contribution in [0.5, 0.6) is 0 Å². The third-order valence-corrected chi connectivity index (χ3v) is 3.84. The minimum absolute atomic E-state index is 0.000208. The second kappa shape index (κ2) is 4.63. The molecule has 2 rings (SSSR count). The van der Waals surface area contributed by atoms with Crippen LogP contribution in [-0.2, 0) is 0 Å². The van der Waals surface area contributed by atoms with Crippen molar-refractivity contribution < 1.29 is 5.11 Å². The maximum absolute atomic E-state index is 9.70. The van der Waals surface area contributed by atoms with Crippen LogP contribution in [0.4, 0.5) is 0 Å². The highest BCUT2D eigenvalue weighted by atomic mass is 16.3. The van der Waals surface area contributed by atoms with E-state index in [0.29, 0.717) is 5.92 Å². The Morgan fingerprint density at radius 1 is 1.29 bits per heavy atom. The predicted octanol–water partition coefficient (Wildman–Crippen LogP) is 1.88. The SMILES string of the molecule is CCCC1CN(CC2CCCC2O)C1. The third kappa shape index (κ3) is 2.29. The maximum atomic E-state index is 9.70. The van der Waals surface area contributed by atoms with Crippen LogP contribution >= 0.6 is 0 Å². The second-order valence-corrected chi connectivity index (χ2v) is 5.13. The monoisotopic (exact) mass is 197 g/mol. The van der Waals surface area contributed by atoms with Gasteiger partial charge in [0.15, 0.2) is 0 Å². The van der Waals surface area contributed by atoms with Crippen molar-refractivity contribution in [2.24, 2.45) is 11.8 Å². The molecular weight excluding hydrogens is 174 g/mol. The molecule has 0 radical (unpaired) electrons. The van der Waals surface area contributed by atoms with Gasteiger partial charge in [-0.1, -0.05) is 19.8 Å². The molecule has 82 valence electrons. The number of nitrogens with zero attached hydrogens (tertiary/aromatic N) is 1. The molecule has 0 aromatic carbocycles. The zero-order chi connectivity index (χ0) is 9.97. The summed E-state index contributed by atoms with van der Waals surface area (Å²) < 4.78 is 0. The summed E-state index contributed by atoms with van der Waals surface area (Å²) in [6, 6.07) is 0. The molecule has 1 heterocycles. The molecule has 2 fully saturated rings. The zero-order valence-electron chi connectivity index (χ0n) is 9.28. The van der Waals surface area contributed by atoms with Gasteiger partial charge in [0.05, 0.1) is 6.10 Å². The molecule has 2 nitrogen and oxygen atoms in total. The van der Waals surface area contributed by atoms with E-state index >= 15 is 0 Å². The summed E-state index contributed by atoms with van der Waals surface area (Å²) in [5.74, 6) is 1.54. The van der Waals surface area contributed by atoms with Crippen LogP contribution in [0.1, 0.15) is 39.0 Å². The van der Waals surface area contributed by atoms with Crippen molar-refractivity contribution in [3.63, 3.8) is 0 Å². The fourth-order valence-electron chi connectivity index (χ4n) is 2.98. The molecule has 0 aromatic rings. The highest BCUT2D eigenvalue weighted by Gasteiger charge is 2.32. The molecule has 2 atom stereocenters. The molecule has 0 bridgehead atoms. The second-order valence-electron chi connectivity index (χ2n) is 5.13. The van der Waals surface area contributed by atoms with E-state index in [-0.39, 0.29) is 6.10 Å². The van der Waals surface area contributed by atoms with E-state index in [2.05, 4.69) is 11.8 Å². The van der Waals surface area contributed by atoms with E-state index in [9.17, 15) is 5.11 Å². The molecule has 2 aliphatic rings. The number of aliphatic hydroxyl groups is 1. The Hall–Kier alpha value is -0.0800. The Bertz CT molecular complexity index is 177. The molecule has 2 heteroatoms. The highest BCUT2D eigenvalue weighted by molar-refractivity contribution is 4.85. The van der Waals surface area contributed by atoms with Crippen molar-refractivity contribution in [3.05, 3.63) is 0 Å². The molecule has 0 spiro atoms. The molecule has 14 heavy (non-hydrogen) atoms. The molecule has 0 aromatic heterocycles. The zero-order valence-corrected chi connectivity index (χ0v) is 9.28. The minimum Gasteiger partial charge on any atom is -0.393 e. The highest BCUT2D eigenvalue weighted by Crippen LogP contribution is 2.29. The molecule has 0 amide bonds. The smallest absolute Gasteiger partial charge is 0.0580 e. The third-order valence-electron chi connectivity index (χ3n) is 3.84. The lowest BCUT2D eigenvalue weighted by atomic mass is 9.93. The van der Waals surface area contributed by atoms with Crippen LogP contribution in [0.15, 0.2) is 0 Å². The summed E-state index contributed by atoms with van der Waals surface area (Å²) in [5.41, 5.74) is 0. The number of hydrogen-bond donors (Lipinski definition) is 1. The Labute approximate surface area is 87.3 Å². The van der Waals surface area contributed by atoms with Gasteiger partial charge in [-0.3, -0.25) is 0 Å². The lowest BCUT2D eigenvalue weighted by molar-refractivity contribution is 0.0422. The first-order chi connectivity index (χ1) is 6.79. The summed E-state index contributed by atoms with van der Waals surface area (Å²) in [6.07, 6.45) is 6.24. The molecule has 2 unspecified atom stereocenters. The van der Waals surface area contributed by atoms with Gasteiger partial charge >= 0.3 is 0 Å². The number of rotatable bonds is 4. The fourth-order valence-corrected chi connectivity index (χ4v) is 2.98. The number of likely N-dealkylation sites (tertiary alicyclic amines) is 1. The van der Waals surface area contributed by atoms with Crippen LogP contribution in [-0.4, -0.2) is 35.7 Å². The van der Waals surface area contributed by atoms with Crippen LogP contribution in [0.2, 0.25) is 0 Å². The first-order valence-electron chi connectivity index (χ1n) is 6.20. The maximum Gasteiger partial charge on any atom is 0.0580 e. The van der Waals surface area contributed by atoms with E-state index in [0.717, 1.165) is 18.9 Å². The number of hydrogen-bond acceptors (Lipinski definition) is 2. The Morgan fingerprint density at radius 2 is 2.07 bits per heavy atom. The quantitative estimate of drug-likeness (QED) is 0.744. The Kier molecular flexibility index (Phi) is 3.45. The molecular formula is C12H23NO. The van der Waals surface area contributed by atoms with Gasteiger partial charge in [0.2, 0.25) is 0 Å². The van der Waals surface area contributed by atoms with Crippen molar-refractivity contribution in [1.29, 1.82) is 0 Å². The van der Waals surface area contributed by atoms with Gasteiger partial charge in [0, 0.05) is 19.6 Å². The van der Waals surface area contributed by atoms with Crippen molar-refractivity contribution in [3.8, 4) is 0 Å². The molecule has 1 saturated heterocycles. The lowest BCUT2D eigenvalue weighted by Gasteiger charge is -2.41. The average molecular weight is 197 g/mol. The van der Waals surface area contributed by atoms with Crippen molar-refractivity contribution in [2.45, 2.75) is 45.1 Å². The fraction of sp³-hybridized carbons (Fsp3) is 1.00. The summed E-state index contributed by atoms with van der Waals surface area (Å²) >= 11 is 0. The largest absolute Gasteiger partial charge is 0.393 e. The van der Waals surface area contributed by atoms with Gasteiger partial charge < -0.3 is 10.0 Å². The van der Waals surface area contributed by atoms with Crippen LogP contribution in [0.25, 0.3) is 0 Å². The van der Waals surface area contributed by atoms with Gasteiger partial charge in [-0.05, 0) is 31.1 Å². The molecule has 1 saturated carbocycles. The van der Waals surface area contributed by atoms with Crippen molar-refractivity contribution >= 4 is 0 Å². The van der Waals surface area contributed by atoms with Gasteiger partial charge in [-0.2, -0.15) is 0 Å². The molecule has 1 aliphatic heterocycles. The summed E-state index contributed by atoms with van der Waals surface area (Å²) in [5, 5.41) is 9.70. The van der Waals surface area contributed by atoms with Crippen LogP contribution in [0, 0.1) is 11.8 Å². The van der Waals surface area contributed by atoms with E-state index in [4.69, 9.17) is 0 Å². The molecule has 1 N–H and O–H groups in total. The van der Waals surface area contributed by atoms with Gasteiger partial charge in [0.1, 0.15) is 0 Å².